The summed E-state index contributed by atoms with van der Waals surface area (Å²) in [5.41, 5.74) is 0. The summed E-state index contributed by atoms with van der Waals surface area (Å²) < 4.78 is 29.9. The van der Waals surface area contributed by atoms with Crippen LogP contribution in [0.5, 0.6) is 0 Å². The smallest absolute Gasteiger partial charge is 0.265 e. The molecule has 0 aromatic rings. The van der Waals surface area contributed by atoms with E-state index >= 15 is 0 Å². The van der Waals surface area contributed by atoms with E-state index in [1.165, 1.54) is 0 Å². The van der Waals surface area contributed by atoms with Crippen LogP contribution in [0.4, 0.5) is 0 Å². The lowest BCUT2D eigenvalue weighted by atomic mass is 10.00. The summed E-state index contributed by atoms with van der Waals surface area (Å²) in [6.45, 7) is 2.38. The zero-order valence-electron chi connectivity index (χ0n) is 10.2. The van der Waals surface area contributed by atoms with Crippen LogP contribution in [0.3, 0.4) is 0 Å². The molecule has 1 saturated carbocycles. The first-order chi connectivity index (χ1) is 7.96. The summed E-state index contributed by atoms with van der Waals surface area (Å²) in [7, 11) is -3.83. The van der Waals surface area contributed by atoms with Gasteiger partial charge in [0.15, 0.2) is 0 Å². The van der Waals surface area contributed by atoms with Gasteiger partial charge in [0.2, 0.25) is 0 Å². The highest BCUT2D eigenvalue weighted by molar-refractivity contribution is 8.00. The molecule has 2 N–H and O–H groups in total. The number of rotatable bonds is 7. The maximum atomic E-state index is 10.6. The van der Waals surface area contributed by atoms with Gasteiger partial charge in [-0.25, -0.2) is 0 Å². The number of aliphatic hydroxyl groups excluding tert-OH is 1. The third-order valence-corrected chi connectivity index (χ3v) is 6.01. The molecule has 0 saturated heterocycles. The molecular weight excluding hydrogens is 260 g/mol. The van der Waals surface area contributed by atoms with Crippen LogP contribution < -0.4 is 0 Å². The Kier molecular flexibility index (Phi) is 6.26. The lowest BCUT2D eigenvalue weighted by Gasteiger charge is -2.21. The van der Waals surface area contributed by atoms with Crippen molar-refractivity contribution in [3.8, 4) is 0 Å². The minimum Gasteiger partial charge on any atom is -0.396 e. The Morgan fingerprint density at radius 2 is 2.12 bits per heavy atom. The maximum absolute atomic E-state index is 10.6. The van der Waals surface area contributed by atoms with Gasteiger partial charge in [0.05, 0.1) is 5.75 Å². The number of hydrogen-bond donors (Lipinski definition) is 2. The Balaban J connectivity index is 2.34. The van der Waals surface area contributed by atoms with E-state index in [0.29, 0.717) is 22.8 Å². The molecular formula is C11H22O4S2. The molecule has 0 aliphatic heterocycles. The van der Waals surface area contributed by atoms with Gasteiger partial charge in [-0.05, 0) is 37.5 Å². The zero-order valence-corrected chi connectivity index (χ0v) is 11.8. The molecule has 17 heavy (non-hydrogen) atoms. The molecule has 1 aliphatic carbocycles. The van der Waals surface area contributed by atoms with Gasteiger partial charge in [0.25, 0.3) is 10.1 Å². The van der Waals surface area contributed by atoms with E-state index in [9.17, 15) is 8.42 Å². The highest BCUT2D eigenvalue weighted by Crippen LogP contribution is 2.38. The van der Waals surface area contributed by atoms with Crippen LogP contribution in [0.1, 0.15) is 32.6 Å². The fourth-order valence-corrected chi connectivity index (χ4v) is 4.79. The van der Waals surface area contributed by atoms with Crippen molar-refractivity contribution in [3.05, 3.63) is 0 Å². The van der Waals surface area contributed by atoms with Crippen LogP contribution in [-0.4, -0.2) is 41.4 Å². The predicted molar refractivity (Wildman–Crippen MR) is 70.9 cm³/mol. The lowest BCUT2D eigenvalue weighted by molar-refractivity contribution is 0.226. The lowest BCUT2D eigenvalue weighted by Crippen LogP contribution is -2.17. The number of thioether (sulfide) groups is 1. The standard InChI is InChI=1S/C11H22O4S2/c1-2-11(16-5-6-17(13,14)15)10-4-3-9(7-10)8-12/h9-12H,2-8H2,1H3,(H,13,14,15). The van der Waals surface area contributed by atoms with Crippen LogP contribution >= 0.6 is 11.8 Å². The Morgan fingerprint density at radius 3 is 2.59 bits per heavy atom. The van der Waals surface area contributed by atoms with E-state index in [1.54, 1.807) is 11.8 Å². The zero-order chi connectivity index (χ0) is 12.9. The van der Waals surface area contributed by atoms with Gasteiger partial charge >= 0.3 is 0 Å². The molecule has 0 aromatic heterocycles. The van der Waals surface area contributed by atoms with Gasteiger partial charge in [-0.15, -0.1) is 0 Å². The minimum absolute atomic E-state index is 0.162. The van der Waals surface area contributed by atoms with Gasteiger partial charge in [-0.1, -0.05) is 6.92 Å². The summed E-state index contributed by atoms with van der Waals surface area (Å²) in [5, 5.41) is 9.55. The summed E-state index contributed by atoms with van der Waals surface area (Å²) in [6.07, 6.45) is 4.27. The normalized spacial score (nSPS) is 27.2. The summed E-state index contributed by atoms with van der Waals surface area (Å²) >= 11 is 1.64. The highest BCUT2D eigenvalue weighted by Gasteiger charge is 2.29. The largest absolute Gasteiger partial charge is 0.396 e. The van der Waals surface area contributed by atoms with Crippen molar-refractivity contribution in [3.63, 3.8) is 0 Å². The quantitative estimate of drug-likeness (QED) is 0.696. The van der Waals surface area contributed by atoms with Crippen molar-refractivity contribution < 1.29 is 18.1 Å². The van der Waals surface area contributed by atoms with Crippen LogP contribution in [0.2, 0.25) is 0 Å². The van der Waals surface area contributed by atoms with E-state index in [1.807, 2.05) is 0 Å². The van der Waals surface area contributed by atoms with E-state index in [-0.39, 0.29) is 12.4 Å². The topological polar surface area (TPSA) is 74.6 Å². The third-order valence-electron chi connectivity index (χ3n) is 3.44. The number of hydrogen-bond acceptors (Lipinski definition) is 4. The molecule has 1 rings (SSSR count). The molecule has 6 heteroatoms. The van der Waals surface area contributed by atoms with Crippen molar-refractivity contribution >= 4 is 21.9 Å². The SMILES string of the molecule is CCC(SCCS(=O)(=O)O)C1CCC(CO)C1. The monoisotopic (exact) mass is 282 g/mol. The minimum atomic E-state index is -3.83. The molecule has 102 valence electrons. The van der Waals surface area contributed by atoms with Gasteiger partial charge in [0.1, 0.15) is 0 Å². The molecule has 0 heterocycles. The predicted octanol–water partition coefficient (Wildman–Crippen LogP) is 1.79. The van der Waals surface area contributed by atoms with Gasteiger partial charge < -0.3 is 5.11 Å². The fraction of sp³-hybridized carbons (Fsp3) is 1.00. The Bertz CT molecular complexity index is 315. The summed E-state index contributed by atoms with van der Waals surface area (Å²) in [4.78, 5) is 0. The average Bonchev–Trinajstić information content (AvgIpc) is 2.71. The third kappa shape index (κ3) is 5.59. The van der Waals surface area contributed by atoms with Gasteiger partial charge in [-0.2, -0.15) is 20.2 Å². The van der Waals surface area contributed by atoms with Crippen molar-refractivity contribution in [2.75, 3.05) is 18.1 Å². The first-order valence-electron chi connectivity index (χ1n) is 6.14. The molecule has 0 amide bonds. The first kappa shape index (κ1) is 15.3. The molecule has 0 spiro atoms. The Hall–Kier alpha value is 0.220. The molecule has 4 nitrogen and oxygen atoms in total. The fourth-order valence-electron chi connectivity index (χ4n) is 2.51. The average molecular weight is 282 g/mol. The van der Waals surface area contributed by atoms with Crippen molar-refractivity contribution in [2.45, 2.75) is 37.9 Å². The van der Waals surface area contributed by atoms with E-state index in [4.69, 9.17) is 9.66 Å². The molecule has 1 fully saturated rings. The summed E-state index contributed by atoms with van der Waals surface area (Å²) in [5.74, 6) is 1.31. The van der Waals surface area contributed by atoms with Crippen molar-refractivity contribution in [2.24, 2.45) is 11.8 Å². The molecule has 0 bridgehead atoms. The van der Waals surface area contributed by atoms with Crippen LogP contribution in [0.25, 0.3) is 0 Å². The summed E-state index contributed by atoms with van der Waals surface area (Å²) in [6, 6.07) is 0. The highest BCUT2D eigenvalue weighted by atomic mass is 32.2. The van der Waals surface area contributed by atoms with E-state index < -0.39 is 10.1 Å². The second-order valence-electron chi connectivity index (χ2n) is 4.73. The van der Waals surface area contributed by atoms with Gasteiger partial charge in [-0.3, -0.25) is 4.55 Å². The molecule has 3 atom stereocenters. The first-order valence-corrected chi connectivity index (χ1v) is 8.79. The van der Waals surface area contributed by atoms with Crippen LogP contribution in [0, 0.1) is 11.8 Å². The van der Waals surface area contributed by atoms with Gasteiger partial charge in [0, 0.05) is 17.6 Å². The van der Waals surface area contributed by atoms with Crippen LogP contribution in [0.15, 0.2) is 0 Å². The van der Waals surface area contributed by atoms with Crippen molar-refractivity contribution in [1.82, 2.24) is 0 Å². The molecule has 0 aromatic carbocycles. The Labute approximate surface area is 108 Å². The van der Waals surface area contributed by atoms with Crippen LogP contribution in [-0.2, 0) is 10.1 Å². The molecule has 0 radical (unpaired) electrons. The molecule has 1 aliphatic rings. The van der Waals surface area contributed by atoms with Crippen molar-refractivity contribution in [1.29, 1.82) is 0 Å². The van der Waals surface area contributed by atoms with E-state index in [0.717, 1.165) is 25.7 Å². The second-order valence-corrected chi connectivity index (χ2v) is 7.64. The molecule has 3 unspecified atom stereocenters. The maximum Gasteiger partial charge on any atom is 0.265 e. The Morgan fingerprint density at radius 1 is 1.41 bits per heavy atom. The number of aliphatic hydroxyl groups is 1. The second kappa shape index (κ2) is 6.97. The van der Waals surface area contributed by atoms with E-state index in [2.05, 4.69) is 6.92 Å².